The molecule has 1 aliphatic carbocycles. The van der Waals surface area contributed by atoms with Gasteiger partial charge in [0.25, 0.3) is 5.56 Å². The molecule has 4 rings (SSSR count). The zero-order valence-electron chi connectivity index (χ0n) is 17.2. The van der Waals surface area contributed by atoms with Gasteiger partial charge in [0.05, 0.1) is 16.0 Å². The smallest absolute Gasteiger partial charge is 0.255 e. The summed E-state index contributed by atoms with van der Waals surface area (Å²) >= 11 is 6.35. The Morgan fingerprint density at radius 3 is 2.48 bits per heavy atom. The van der Waals surface area contributed by atoms with Gasteiger partial charge in [-0.3, -0.25) is 4.79 Å². The van der Waals surface area contributed by atoms with Gasteiger partial charge < -0.3 is 15.0 Å². The summed E-state index contributed by atoms with van der Waals surface area (Å²) in [7, 11) is -3.17. The highest BCUT2D eigenvalue weighted by atomic mass is 35.5. The van der Waals surface area contributed by atoms with E-state index in [4.69, 9.17) is 16.3 Å². The van der Waals surface area contributed by atoms with Crippen molar-refractivity contribution >= 4 is 32.2 Å². The van der Waals surface area contributed by atoms with E-state index in [1.807, 2.05) is 24.3 Å². The van der Waals surface area contributed by atoms with Crippen LogP contribution in [0.5, 0.6) is 5.75 Å². The number of aromatic amines is 1. The Hall–Kier alpha value is -2.35. The average Bonchev–Trinajstić information content (AvgIpc) is 2.74. The van der Waals surface area contributed by atoms with E-state index in [0.29, 0.717) is 33.6 Å². The largest absolute Gasteiger partial charge is 0.489 e. The first-order valence-electron chi connectivity index (χ1n) is 10.3. The first-order chi connectivity index (χ1) is 14.8. The molecule has 0 radical (unpaired) electrons. The van der Waals surface area contributed by atoms with Crippen LogP contribution in [-0.4, -0.2) is 31.8 Å². The van der Waals surface area contributed by atoms with Crippen molar-refractivity contribution in [3.8, 4) is 5.75 Å². The highest BCUT2D eigenvalue weighted by Crippen LogP contribution is 2.32. The number of hydrogen-bond donors (Lipinski definition) is 2. The summed E-state index contributed by atoms with van der Waals surface area (Å²) in [5.41, 5.74) is 0.896. The highest BCUT2D eigenvalue weighted by Gasteiger charge is 2.23. The number of halogens is 1. The summed E-state index contributed by atoms with van der Waals surface area (Å²) in [4.78, 5) is 14.9. The van der Waals surface area contributed by atoms with Gasteiger partial charge in [-0.2, -0.15) is 0 Å². The molecule has 164 valence electrons. The van der Waals surface area contributed by atoms with E-state index in [2.05, 4.69) is 10.3 Å². The van der Waals surface area contributed by atoms with Crippen molar-refractivity contribution in [1.82, 2.24) is 10.3 Å². The number of benzene rings is 2. The van der Waals surface area contributed by atoms with Gasteiger partial charge in [0.1, 0.15) is 5.75 Å². The van der Waals surface area contributed by atoms with Crippen LogP contribution in [0.15, 0.2) is 58.4 Å². The SMILES string of the molecule is CS(=O)(=O)c1ccc(CNC2CCC(Oc3cc4cc[nH]c(=O)c4cc3Cl)CC2)cc1. The molecule has 0 spiro atoms. The fourth-order valence-electron chi connectivity index (χ4n) is 3.96. The Morgan fingerprint density at radius 1 is 1.10 bits per heavy atom. The van der Waals surface area contributed by atoms with E-state index < -0.39 is 9.84 Å². The van der Waals surface area contributed by atoms with Gasteiger partial charge >= 0.3 is 0 Å². The van der Waals surface area contributed by atoms with E-state index in [1.165, 1.54) is 6.26 Å². The number of nitrogens with one attached hydrogen (secondary N) is 2. The molecule has 1 aliphatic rings. The summed E-state index contributed by atoms with van der Waals surface area (Å²) in [5, 5.41) is 5.36. The molecule has 2 aromatic carbocycles. The third-order valence-corrected chi connectivity index (χ3v) is 7.16. The van der Waals surface area contributed by atoms with Crippen LogP contribution in [0.4, 0.5) is 0 Å². The van der Waals surface area contributed by atoms with E-state index in [1.54, 1.807) is 24.4 Å². The first kappa shape index (κ1) is 21.9. The maximum Gasteiger partial charge on any atom is 0.255 e. The van der Waals surface area contributed by atoms with E-state index in [9.17, 15) is 13.2 Å². The molecule has 0 unspecified atom stereocenters. The van der Waals surface area contributed by atoms with Crippen LogP contribution in [0.3, 0.4) is 0 Å². The van der Waals surface area contributed by atoms with Crippen molar-refractivity contribution in [1.29, 1.82) is 0 Å². The topological polar surface area (TPSA) is 88.3 Å². The Balaban J connectivity index is 1.30. The number of aromatic nitrogens is 1. The minimum absolute atomic E-state index is 0.0871. The maximum absolute atomic E-state index is 11.9. The van der Waals surface area contributed by atoms with Crippen LogP contribution in [-0.2, 0) is 16.4 Å². The predicted octanol–water partition coefficient (Wildman–Crippen LogP) is 4.06. The molecule has 0 amide bonds. The molecule has 2 N–H and O–H groups in total. The lowest BCUT2D eigenvalue weighted by molar-refractivity contribution is 0.139. The third kappa shape index (κ3) is 5.29. The molecule has 3 aromatic rings. The van der Waals surface area contributed by atoms with Crippen LogP contribution in [0.2, 0.25) is 5.02 Å². The van der Waals surface area contributed by atoms with Gasteiger partial charge in [-0.25, -0.2) is 8.42 Å². The maximum atomic E-state index is 11.9. The van der Waals surface area contributed by atoms with Crippen LogP contribution in [0.1, 0.15) is 31.2 Å². The van der Waals surface area contributed by atoms with E-state index >= 15 is 0 Å². The number of fused-ring (bicyclic) bond motifs is 1. The zero-order valence-corrected chi connectivity index (χ0v) is 18.8. The Bertz CT molecular complexity index is 1230. The van der Waals surface area contributed by atoms with Crippen LogP contribution in [0, 0.1) is 0 Å². The molecule has 1 heterocycles. The monoisotopic (exact) mass is 460 g/mol. The van der Waals surface area contributed by atoms with Gasteiger partial charge in [-0.05, 0) is 67.0 Å². The second kappa shape index (κ2) is 9.02. The molecule has 0 bridgehead atoms. The molecule has 0 atom stereocenters. The van der Waals surface area contributed by atoms with Crippen molar-refractivity contribution in [3.05, 3.63) is 69.6 Å². The van der Waals surface area contributed by atoms with Gasteiger partial charge in [0, 0.05) is 30.4 Å². The first-order valence-corrected chi connectivity index (χ1v) is 12.6. The Kier molecular flexibility index (Phi) is 6.36. The normalized spacial score (nSPS) is 19.4. The number of sulfone groups is 1. The van der Waals surface area contributed by atoms with Crippen LogP contribution in [0.25, 0.3) is 10.8 Å². The van der Waals surface area contributed by atoms with Crippen LogP contribution >= 0.6 is 11.6 Å². The Morgan fingerprint density at radius 2 is 1.81 bits per heavy atom. The number of H-pyrrole nitrogens is 1. The standard InChI is InChI=1S/C23H25ClN2O4S/c1-31(28,29)19-8-2-15(3-9-19)14-26-17-4-6-18(7-5-17)30-22-12-16-10-11-25-23(27)20(16)13-21(22)24/h2-3,8-13,17-18,26H,4-7,14H2,1H3,(H,25,27). The molecule has 8 heteroatoms. The molecule has 1 saturated carbocycles. The van der Waals surface area contributed by atoms with Crippen molar-refractivity contribution in [2.24, 2.45) is 0 Å². The Labute approximate surface area is 186 Å². The second-order valence-electron chi connectivity index (χ2n) is 8.07. The third-order valence-electron chi connectivity index (χ3n) is 5.74. The quantitative estimate of drug-likeness (QED) is 0.579. The lowest BCUT2D eigenvalue weighted by Gasteiger charge is -2.30. The summed E-state index contributed by atoms with van der Waals surface area (Å²) in [6.07, 6.45) is 6.71. The van der Waals surface area contributed by atoms with Crippen molar-refractivity contribution in [2.45, 2.75) is 49.3 Å². The van der Waals surface area contributed by atoms with Crippen molar-refractivity contribution in [3.63, 3.8) is 0 Å². The zero-order chi connectivity index (χ0) is 22.0. The molecule has 31 heavy (non-hydrogen) atoms. The molecular weight excluding hydrogens is 436 g/mol. The summed E-state index contributed by atoms with van der Waals surface area (Å²) < 4.78 is 29.3. The van der Waals surface area contributed by atoms with Gasteiger partial charge in [-0.15, -0.1) is 0 Å². The fraction of sp³-hybridized carbons (Fsp3) is 0.348. The van der Waals surface area contributed by atoms with Crippen LogP contribution < -0.4 is 15.6 Å². The molecular formula is C23H25ClN2O4S. The minimum Gasteiger partial charge on any atom is -0.489 e. The van der Waals surface area contributed by atoms with Crippen molar-refractivity contribution in [2.75, 3.05) is 6.26 Å². The number of rotatable bonds is 6. The molecule has 6 nitrogen and oxygen atoms in total. The number of hydrogen-bond acceptors (Lipinski definition) is 5. The lowest BCUT2D eigenvalue weighted by Crippen LogP contribution is -2.36. The van der Waals surface area contributed by atoms with E-state index in [0.717, 1.165) is 36.6 Å². The average molecular weight is 461 g/mol. The summed E-state index contributed by atoms with van der Waals surface area (Å²) in [5.74, 6) is 0.613. The van der Waals surface area contributed by atoms with Gasteiger partial charge in [0.15, 0.2) is 9.84 Å². The fourth-order valence-corrected chi connectivity index (χ4v) is 4.80. The number of ether oxygens (including phenoxy) is 1. The minimum atomic E-state index is -3.17. The molecule has 0 saturated heterocycles. The van der Waals surface area contributed by atoms with Gasteiger partial charge in [0.2, 0.25) is 0 Å². The summed E-state index contributed by atoms with van der Waals surface area (Å²) in [6, 6.07) is 12.7. The molecule has 0 aliphatic heterocycles. The second-order valence-corrected chi connectivity index (χ2v) is 10.5. The molecule has 1 aromatic heterocycles. The van der Waals surface area contributed by atoms with Crippen molar-refractivity contribution < 1.29 is 13.2 Å². The lowest BCUT2D eigenvalue weighted by atomic mass is 9.92. The number of pyridine rings is 1. The van der Waals surface area contributed by atoms with Gasteiger partial charge in [-0.1, -0.05) is 23.7 Å². The van der Waals surface area contributed by atoms with E-state index in [-0.39, 0.29) is 11.7 Å². The predicted molar refractivity (Wildman–Crippen MR) is 123 cm³/mol. The summed E-state index contributed by atoms with van der Waals surface area (Å²) in [6.45, 7) is 0.700. The molecule has 1 fully saturated rings. The highest BCUT2D eigenvalue weighted by molar-refractivity contribution is 7.90.